The first-order valence-electron chi connectivity index (χ1n) is 5.56. The number of carbonyl (C=O) groups is 1. The molecule has 0 spiro atoms. The summed E-state index contributed by atoms with van der Waals surface area (Å²) in [7, 11) is 0. The molecule has 1 aliphatic carbocycles. The van der Waals surface area contributed by atoms with Gasteiger partial charge in [0.25, 0.3) is 0 Å². The molecule has 3 rings (SSSR count). The Labute approximate surface area is 107 Å². The Morgan fingerprint density at radius 3 is 2.53 bits per heavy atom. The van der Waals surface area contributed by atoms with Crippen molar-refractivity contribution in [1.82, 2.24) is 0 Å². The standard InChI is InChI=1S/C14H11BrO2/c15-12-10-4-2-1-3-9(10)5-6-11(12)14(7-8-14)13(16)17/h1-6H,7-8H2,(H,16,17). The lowest BCUT2D eigenvalue weighted by Gasteiger charge is -2.14. The first-order chi connectivity index (χ1) is 8.15. The summed E-state index contributed by atoms with van der Waals surface area (Å²) in [5.41, 5.74) is 0.256. The predicted molar refractivity (Wildman–Crippen MR) is 70.2 cm³/mol. The van der Waals surface area contributed by atoms with Gasteiger partial charge >= 0.3 is 5.97 Å². The SMILES string of the molecule is O=C(O)C1(c2ccc3ccccc3c2Br)CC1. The molecular formula is C14H11BrO2. The Hall–Kier alpha value is -1.35. The number of carboxylic acids is 1. The Balaban J connectivity index is 2.26. The molecule has 0 heterocycles. The molecule has 1 aliphatic rings. The van der Waals surface area contributed by atoms with Crippen molar-refractivity contribution in [3.8, 4) is 0 Å². The molecule has 1 fully saturated rings. The maximum absolute atomic E-state index is 11.4. The second-order valence-electron chi connectivity index (χ2n) is 4.54. The van der Waals surface area contributed by atoms with E-state index < -0.39 is 11.4 Å². The van der Waals surface area contributed by atoms with Gasteiger partial charge in [0.1, 0.15) is 0 Å². The lowest BCUT2D eigenvalue weighted by molar-refractivity contribution is -0.140. The van der Waals surface area contributed by atoms with E-state index in [4.69, 9.17) is 0 Å². The van der Waals surface area contributed by atoms with E-state index in [0.717, 1.165) is 33.7 Å². The molecule has 0 bridgehead atoms. The second-order valence-corrected chi connectivity index (χ2v) is 5.33. The topological polar surface area (TPSA) is 37.3 Å². The molecule has 17 heavy (non-hydrogen) atoms. The molecule has 0 saturated heterocycles. The fourth-order valence-electron chi connectivity index (χ4n) is 2.33. The van der Waals surface area contributed by atoms with Crippen LogP contribution in [0.2, 0.25) is 0 Å². The molecule has 0 unspecified atom stereocenters. The van der Waals surface area contributed by atoms with Crippen LogP contribution in [0.3, 0.4) is 0 Å². The van der Waals surface area contributed by atoms with Gasteiger partial charge in [-0.2, -0.15) is 0 Å². The van der Waals surface area contributed by atoms with Crippen LogP contribution < -0.4 is 0 Å². The van der Waals surface area contributed by atoms with Crippen molar-refractivity contribution in [2.75, 3.05) is 0 Å². The quantitative estimate of drug-likeness (QED) is 0.915. The first kappa shape index (κ1) is 10.8. The van der Waals surface area contributed by atoms with E-state index in [0.29, 0.717) is 0 Å². The minimum Gasteiger partial charge on any atom is -0.481 e. The fourth-order valence-corrected chi connectivity index (χ4v) is 3.20. The molecule has 0 amide bonds. The molecule has 1 N–H and O–H groups in total. The van der Waals surface area contributed by atoms with Crippen molar-refractivity contribution in [3.63, 3.8) is 0 Å². The van der Waals surface area contributed by atoms with Gasteiger partial charge in [-0.05, 0) is 45.1 Å². The van der Waals surface area contributed by atoms with Gasteiger partial charge < -0.3 is 5.11 Å². The highest BCUT2D eigenvalue weighted by molar-refractivity contribution is 9.10. The Morgan fingerprint density at radius 2 is 1.88 bits per heavy atom. The maximum Gasteiger partial charge on any atom is 0.314 e. The summed E-state index contributed by atoms with van der Waals surface area (Å²) < 4.78 is 0.926. The summed E-state index contributed by atoms with van der Waals surface area (Å²) in [6, 6.07) is 11.9. The van der Waals surface area contributed by atoms with Gasteiger partial charge in [-0.3, -0.25) is 4.79 Å². The zero-order chi connectivity index (χ0) is 12.0. The number of benzene rings is 2. The summed E-state index contributed by atoms with van der Waals surface area (Å²) in [5, 5.41) is 11.5. The van der Waals surface area contributed by atoms with Crippen LogP contribution in [-0.4, -0.2) is 11.1 Å². The van der Waals surface area contributed by atoms with Gasteiger partial charge in [-0.15, -0.1) is 0 Å². The molecule has 1 saturated carbocycles. The molecular weight excluding hydrogens is 280 g/mol. The van der Waals surface area contributed by atoms with Gasteiger partial charge in [-0.25, -0.2) is 0 Å². The minimum atomic E-state index is -0.714. The van der Waals surface area contributed by atoms with Crippen LogP contribution in [-0.2, 0) is 10.2 Å². The second kappa shape index (κ2) is 3.57. The summed E-state index contributed by atoms with van der Waals surface area (Å²) in [6.07, 6.45) is 1.47. The average Bonchev–Trinajstić information content (AvgIpc) is 3.11. The molecule has 3 heteroatoms. The highest BCUT2D eigenvalue weighted by Gasteiger charge is 2.52. The smallest absolute Gasteiger partial charge is 0.314 e. The third-order valence-corrected chi connectivity index (χ3v) is 4.39. The molecule has 0 radical (unpaired) electrons. The van der Waals surface area contributed by atoms with Gasteiger partial charge in [0, 0.05) is 4.47 Å². The Bertz CT molecular complexity index is 615. The van der Waals surface area contributed by atoms with Crippen molar-refractivity contribution in [2.45, 2.75) is 18.3 Å². The molecule has 2 nitrogen and oxygen atoms in total. The van der Waals surface area contributed by atoms with Crippen LogP contribution in [0.4, 0.5) is 0 Å². The first-order valence-corrected chi connectivity index (χ1v) is 6.35. The minimum absolute atomic E-state index is 0.650. The Kier molecular flexibility index (Phi) is 2.26. The van der Waals surface area contributed by atoms with Gasteiger partial charge in [0.2, 0.25) is 0 Å². The van der Waals surface area contributed by atoms with Crippen LogP contribution in [0.5, 0.6) is 0 Å². The van der Waals surface area contributed by atoms with Crippen LogP contribution in [0.25, 0.3) is 10.8 Å². The maximum atomic E-state index is 11.4. The molecule has 2 aromatic rings. The van der Waals surface area contributed by atoms with Crippen molar-refractivity contribution < 1.29 is 9.90 Å². The monoisotopic (exact) mass is 290 g/mol. The normalized spacial score (nSPS) is 17.0. The van der Waals surface area contributed by atoms with E-state index >= 15 is 0 Å². The molecule has 0 aromatic heterocycles. The van der Waals surface area contributed by atoms with Crippen molar-refractivity contribution >= 4 is 32.7 Å². The van der Waals surface area contributed by atoms with Crippen LogP contribution in [0.15, 0.2) is 40.9 Å². The molecule has 0 atom stereocenters. The molecule has 0 aliphatic heterocycles. The van der Waals surface area contributed by atoms with Crippen LogP contribution >= 0.6 is 15.9 Å². The highest BCUT2D eigenvalue weighted by atomic mass is 79.9. The number of carboxylic acid groups (broad SMARTS) is 1. The number of fused-ring (bicyclic) bond motifs is 1. The lowest BCUT2D eigenvalue weighted by atomic mass is 9.94. The number of hydrogen-bond acceptors (Lipinski definition) is 1. The van der Waals surface area contributed by atoms with Crippen molar-refractivity contribution in [2.24, 2.45) is 0 Å². The van der Waals surface area contributed by atoms with E-state index in [-0.39, 0.29) is 0 Å². The van der Waals surface area contributed by atoms with Gasteiger partial charge in [-0.1, -0.05) is 36.4 Å². The van der Waals surface area contributed by atoms with Crippen LogP contribution in [0.1, 0.15) is 18.4 Å². The zero-order valence-corrected chi connectivity index (χ0v) is 10.7. The van der Waals surface area contributed by atoms with E-state index in [2.05, 4.69) is 15.9 Å². The Morgan fingerprint density at radius 1 is 1.18 bits per heavy atom. The summed E-state index contributed by atoms with van der Waals surface area (Å²) in [6.45, 7) is 0. The number of hydrogen-bond donors (Lipinski definition) is 1. The third kappa shape index (κ3) is 1.49. The highest BCUT2D eigenvalue weighted by Crippen LogP contribution is 2.51. The van der Waals surface area contributed by atoms with Gasteiger partial charge in [0.05, 0.1) is 5.41 Å². The predicted octanol–water partition coefficient (Wildman–Crippen LogP) is 3.72. The number of rotatable bonds is 2. The average molecular weight is 291 g/mol. The summed E-state index contributed by atoms with van der Waals surface area (Å²) in [5.74, 6) is -0.714. The van der Waals surface area contributed by atoms with E-state index in [9.17, 15) is 9.90 Å². The van der Waals surface area contributed by atoms with Crippen LogP contribution in [0, 0.1) is 0 Å². The molecule has 2 aromatic carbocycles. The number of halogens is 1. The van der Waals surface area contributed by atoms with E-state index in [1.54, 1.807) is 0 Å². The van der Waals surface area contributed by atoms with E-state index in [1.807, 2.05) is 36.4 Å². The van der Waals surface area contributed by atoms with Crippen molar-refractivity contribution in [3.05, 3.63) is 46.4 Å². The van der Waals surface area contributed by atoms with Crippen molar-refractivity contribution in [1.29, 1.82) is 0 Å². The van der Waals surface area contributed by atoms with E-state index in [1.165, 1.54) is 0 Å². The summed E-state index contributed by atoms with van der Waals surface area (Å²) in [4.78, 5) is 11.4. The molecule has 86 valence electrons. The third-order valence-electron chi connectivity index (χ3n) is 3.54. The van der Waals surface area contributed by atoms with Gasteiger partial charge in [0.15, 0.2) is 0 Å². The summed E-state index contributed by atoms with van der Waals surface area (Å²) >= 11 is 3.56. The number of aliphatic carboxylic acids is 1. The fraction of sp³-hybridized carbons (Fsp3) is 0.214. The largest absolute Gasteiger partial charge is 0.481 e. The lowest BCUT2D eigenvalue weighted by Crippen LogP contribution is -2.20. The zero-order valence-electron chi connectivity index (χ0n) is 9.11.